The second-order valence-corrected chi connectivity index (χ2v) is 5.75. The van der Waals surface area contributed by atoms with Gasteiger partial charge in [0, 0.05) is 6.20 Å². The van der Waals surface area contributed by atoms with Crippen molar-refractivity contribution in [2.24, 2.45) is 5.73 Å². The standard InChI is InChI=1S/C12H21N3O/c1-8-9(11(2,3)4)7-15(14-8)12(5,6)10(13)16/h7H,1-6H3,(H2,13,16). The van der Waals surface area contributed by atoms with Crippen LogP contribution in [0.4, 0.5) is 0 Å². The van der Waals surface area contributed by atoms with Crippen molar-refractivity contribution in [3.8, 4) is 0 Å². The quantitative estimate of drug-likeness (QED) is 0.829. The second-order valence-electron chi connectivity index (χ2n) is 5.75. The highest BCUT2D eigenvalue weighted by molar-refractivity contribution is 5.81. The monoisotopic (exact) mass is 223 g/mol. The number of amides is 1. The number of primary amides is 1. The molecular formula is C12H21N3O. The van der Waals surface area contributed by atoms with Gasteiger partial charge in [0.05, 0.1) is 5.69 Å². The van der Waals surface area contributed by atoms with Crippen LogP contribution in [0, 0.1) is 6.92 Å². The SMILES string of the molecule is Cc1nn(C(C)(C)C(N)=O)cc1C(C)(C)C. The van der Waals surface area contributed by atoms with E-state index in [9.17, 15) is 4.79 Å². The number of hydrogen-bond acceptors (Lipinski definition) is 2. The van der Waals surface area contributed by atoms with Gasteiger partial charge < -0.3 is 5.73 Å². The third kappa shape index (κ3) is 2.10. The van der Waals surface area contributed by atoms with Crippen LogP contribution in [0.25, 0.3) is 0 Å². The van der Waals surface area contributed by atoms with Gasteiger partial charge in [-0.3, -0.25) is 9.48 Å². The zero-order valence-electron chi connectivity index (χ0n) is 11.0. The van der Waals surface area contributed by atoms with Crippen molar-refractivity contribution in [2.45, 2.75) is 52.5 Å². The van der Waals surface area contributed by atoms with Crippen molar-refractivity contribution >= 4 is 5.91 Å². The number of hydrogen-bond donors (Lipinski definition) is 1. The van der Waals surface area contributed by atoms with Crippen molar-refractivity contribution in [2.75, 3.05) is 0 Å². The molecule has 0 aliphatic heterocycles. The van der Waals surface area contributed by atoms with Crippen LogP contribution in [0.15, 0.2) is 6.20 Å². The van der Waals surface area contributed by atoms with E-state index in [0.717, 1.165) is 11.3 Å². The molecule has 90 valence electrons. The Morgan fingerprint density at radius 1 is 1.31 bits per heavy atom. The summed E-state index contributed by atoms with van der Waals surface area (Å²) in [6.07, 6.45) is 1.92. The van der Waals surface area contributed by atoms with Gasteiger partial charge in [-0.25, -0.2) is 0 Å². The van der Waals surface area contributed by atoms with Crippen LogP contribution in [0.2, 0.25) is 0 Å². The maximum atomic E-state index is 11.4. The molecule has 0 aliphatic rings. The summed E-state index contributed by atoms with van der Waals surface area (Å²) in [6, 6.07) is 0. The van der Waals surface area contributed by atoms with Crippen LogP contribution in [0.5, 0.6) is 0 Å². The molecule has 2 N–H and O–H groups in total. The second kappa shape index (κ2) is 3.61. The van der Waals surface area contributed by atoms with Gasteiger partial charge in [0.2, 0.25) is 5.91 Å². The molecule has 0 aliphatic carbocycles. The van der Waals surface area contributed by atoms with E-state index in [0.29, 0.717) is 0 Å². The van der Waals surface area contributed by atoms with Crippen molar-refractivity contribution in [1.29, 1.82) is 0 Å². The molecular weight excluding hydrogens is 202 g/mol. The lowest BCUT2D eigenvalue weighted by Crippen LogP contribution is -2.41. The Morgan fingerprint density at radius 3 is 2.12 bits per heavy atom. The van der Waals surface area contributed by atoms with Gasteiger partial charge in [-0.2, -0.15) is 5.10 Å². The third-order valence-electron chi connectivity index (χ3n) is 2.88. The summed E-state index contributed by atoms with van der Waals surface area (Å²) >= 11 is 0. The van der Waals surface area contributed by atoms with E-state index in [1.165, 1.54) is 0 Å². The van der Waals surface area contributed by atoms with E-state index < -0.39 is 5.54 Å². The minimum atomic E-state index is -0.783. The van der Waals surface area contributed by atoms with Crippen LogP contribution >= 0.6 is 0 Å². The summed E-state index contributed by atoms with van der Waals surface area (Å²) in [7, 11) is 0. The molecule has 0 spiro atoms. The highest BCUT2D eigenvalue weighted by Gasteiger charge is 2.30. The van der Waals surface area contributed by atoms with E-state index in [1.807, 2.05) is 13.1 Å². The topological polar surface area (TPSA) is 60.9 Å². The number of aryl methyl sites for hydroxylation is 1. The molecule has 1 rings (SSSR count). The van der Waals surface area contributed by atoms with Crippen LogP contribution in [-0.2, 0) is 15.7 Å². The maximum absolute atomic E-state index is 11.4. The van der Waals surface area contributed by atoms with Gasteiger partial charge in [0.15, 0.2) is 0 Å². The summed E-state index contributed by atoms with van der Waals surface area (Å²) in [5.74, 6) is -0.379. The number of carbonyl (C=O) groups is 1. The number of nitrogens with zero attached hydrogens (tertiary/aromatic N) is 2. The van der Waals surface area contributed by atoms with Crippen molar-refractivity contribution < 1.29 is 4.79 Å². The highest BCUT2D eigenvalue weighted by Crippen LogP contribution is 2.27. The number of nitrogens with two attached hydrogens (primary N) is 1. The van der Waals surface area contributed by atoms with E-state index in [2.05, 4.69) is 25.9 Å². The predicted octanol–water partition coefficient (Wildman–Crippen LogP) is 1.71. The highest BCUT2D eigenvalue weighted by atomic mass is 16.1. The van der Waals surface area contributed by atoms with Gasteiger partial charge in [0.25, 0.3) is 0 Å². The largest absolute Gasteiger partial charge is 0.368 e. The van der Waals surface area contributed by atoms with Crippen LogP contribution < -0.4 is 5.73 Å². The molecule has 0 atom stereocenters. The molecule has 4 nitrogen and oxygen atoms in total. The van der Waals surface area contributed by atoms with Crippen LogP contribution in [0.1, 0.15) is 45.9 Å². The Morgan fingerprint density at radius 2 is 1.81 bits per heavy atom. The lowest BCUT2D eigenvalue weighted by Gasteiger charge is -2.21. The van der Waals surface area contributed by atoms with Crippen molar-refractivity contribution in [3.63, 3.8) is 0 Å². The zero-order valence-corrected chi connectivity index (χ0v) is 11.0. The predicted molar refractivity (Wildman–Crippen MR) is 64.2 cm³/mol. The Bertz CT molecular complexity index is 410. The first-order valence-corrected chi connectivity index (χ1v) is 5.44. The number of aromatic nitrogens is 2. The lowest BCUT2D eigenvalue weighted by molar-refractivity contribution is -0.125. The average Bonchev–Trinajstić information content (AvgIpc) is 2.46. The first-order valence-electron chi connectivity index (χ1n) is 5.44. The lowest BCUT2D eigenvalue weighted by atomic mass is 9.87. The Kier molecular flexibility index (Phi) is 2.88. The molecule has 16 heavy (non-hydrogen) atoms. The Balaban J connectivity index is 3.26. The summed E-state index contributed by atoms with van der Waals surface area (Å²) in [5.41, 5.74) is 6.70. The number of carbonyl (C=O) groups excluding carboxylic acids is 1. The molecule has 0 radical (unpaired) electrons. The van der Waals surface area contributed by atoms with Gasteiger partial charge in [-0.1, -0.05) is 20.8 Å². The molecule has 0 unspecified atom stereocenters. The maximum Gasteiger partial charge on any atom is 0.244 e. The Hall–Kier alpha value is -1.32. The molecule has 0 saturated heterocycles. The van der Waals surface area contributed by atoms with Crippen molar-refractivity contribution in [3.05, 3.63) is 17.5 Å². The van der Waals surface area contributed by atoms with E-state index in [4.69, 9.17) is 5.73 Å². The minimum absolute atomic E-state index is 0.0239. The smallest absolute Gasteiger partial charge is 0.244 e. The molecule has 0 aromatic carbocycles. The first kappa shape index (κ1) is 12.7. The molecule has 0 fully saturated rings. The van der Waals surface area contributed by atoms with Gasteiger partial charge in [0.1, 0.15) is 5.54 Å². The summed E-state index contributed by atoms with van der Waals surface area (Å²) in [6.45, 7) is 11.9. The van der Waals surface area contributed by atoms with Crippen LogP contribution in [-0.4, -0.2) is 15.7 Å². The van der Waals surface area contributed by atoms with E-state index >= 15 is 0 Å². The molecule has 1 heterocycles. The van der Waals surface area contributed by atoms with Gasteiger partial charge in [-0.15, -0.1) is 0 Å². The molecule has 1 aromatic rings. The van der Waals surface area contributed by atoms with Crippen LogP contribution in [0.3, 0.4) is 0 Å². The molecule has 1 aromatic heterocycles. The zero-order chi connectivity index (χ0) is 12.7. The summed E-state index contributed by atoms with van der Waals surface area (Å²) in [4.78, 5) is 11.4. The Labute approximate surface area is 96.8 Å². The van der Waals surface area contributed by atoms with E-state index in [-0.39, 0.29) is 11.3 Å². The first-order chi connectivity index (χ1) is 7.06. The molecule has 0 saturated carbocycles. The summed E-state index contributed by atoms with van der Waals surface area (Å²) in [5, 5.41) is 4.39. The average molecular weight is 223 g/mol. The fourth-order valence-corrected chi connectivity index (χ4v) is 1.60. The molecule has 0 bridgehead atoms. The fraction of sp³-hybridized carbons (Fsp3) is 0.667. The minimum Gasteiger partial charge on any atom is -0.368 e. The fourth-order valence-electron chi connectivity index (χ4n) is 1.60. The normalized spacial score (nSPS) is 12.9. The number of rotatable bonds is 2. The summed E-state index contributed by atoms with van der Waals surface area (Å²) < 4.78 is 1.66. The van der Waals surface area contributed by atoms with Gasteiger partial charge in [-0.05, 0) is 31.7 Å². The third-order valence-corrected chi connectivity index (χ3v) is 2.88. The van der Waals surface area contributed by atoms with Gasteiger partial charge >= 0.3 is 0 Å². The van der Waals surface area contributed by atoms with Crippen molar-refractivity contribution in [1.82, 2.24) is 9.78 Å². The molecule has 4 heteroatoms. The van der Waals surface area contributed by atoms with E-state index in [1.54, 1.807) is 18.5 Å². The molecule has 1 amide bonds.